The minimum atomic E-state index is -0.994. The molecule has 1 atom stereocenters. The highest BCUT2D eigenvalue weighted by atomic mass is 16.5. The monoisotopic (exact) mass is 296 g/mol. The van der Waals surface area contributed by atoms with Crippen LogP contribution in [0.15, 0.2) is 18.2 Å². The molecule has 116 valence electrons. The topological polar surface area (TPSA) is 103 Å². The van der Waals surface area contributed by atoms with E-state index in [1.54, 1.807) is 18.2 Å². The maximum Gasteiger partial charge on any atom is 0.246 e. The number of nitrogens with two attached hydrogens (primary N) is 1. The van der Waals surface area contributed by atoms with Crippen molar-refractivity contribution in [2.24, 2.45) is 5.73 Å². The van der Waals surface area contributed by atoms with E-state index in [1.165, 1.54) is 7.11 Å². The van der Waals surface area contributed by atoms with Crippen LogP contribution in [0.25, 0.3) is 0 Å². The lowest BCUT2D eigenvalue weighted by atomic mass is 9.99. The summed E-state index contributed by atoms with van der Waals surface area (Å²) in [6.45, 7) is 0.728. The van der Waals surface area contributed by atoms with Crippen molar-refractivity contribution in [1.82, 2.24) is 0 Å². The van der Waals surface area contributed by atoms with Crippen molar-refractivity contribution in [2.75, 3.05) is 38.9 Å². The lowest BCUT2D eigenvalue weighted by Crippen LogP contribution is -2.51. The molecule has 0 bridgehead atoms. The van der Waals surface area contributed by atoms with Crippen molar-refractivity contribution in [1.29, 1.82) is 0 Å². The molecule has 0 spiro atoms. The van der Waals surface area contributed by atoms with Crippen LogP contribution >= 0.6 is 0 Å². The fourth-order valence-corrected chi connectivity index (χ4v) is 2.04. The predicted octanol–water partition coefficient (Wildman–Crippen LogP) is 0.123. The van der Waals surface area contributed by atoms with Gasteiger partial charge in [-0.3, -0.25) is 4.79 Å². The van der Waals surface area contributed by atoms with E-state index in [0.717, 1.165) is 0 Å². The first-order valence-electron chi connectivity index (χ1n) is 6.69. The summed E-state index contributed by atoms with van der Waals surface area (Å²) in [6.07, 6.45) is 0.489. The first-order valence-corrected chi connectivity index (χ1v) is 6.69. The van der Waals surface area contributed by atoms with Crippen LogP contribution in [0.3, 0.4) is 0 Å². The largest absolute Gasteiger partial charge is 0.493 e. The average Bonchev–Trinajstić information content (AvgIpc) is 2.93. The molecule has 1 unspecified atom stereocenters. The summed E-state index contributed by atoms with van der Waals surface area (Å²) >= 11 is 0. The number of amides is 1. The summed E-state index contributed by atoms with van der Waals surface area (Å²) in [5.74, 6) is 0.671. The third kappa shape index (κ3) is 3.63. The number of carbonyl (C=O) groups excluding carboxylic acids is 1. The van der Waals surface area contributed by atoms with E-state index < -0.39 is 5.54 Å². The van der Waals surface area contributed by atoms with Gasteiger partial charge in [0.05, 0.1) is 20.3 Å². The Hall–Kier alpha value is -1.83. The Balaban J connectivity index is 2.10. The molecule has 1 heterocycles. The maximum atomic E-state index is 12.2. The summed E-state index contributed by atoms with van der Waals surface area (Å²) < 4.78 is 15.7. The molecular formula is C14H20N2O5. The lowest BCUT2D eigenvalue weighted by molar-refractivity contribution is -0.121. The zero-order valence-electron chi connectivity index (χ0n) is 11.9. The molecule has 7 heteroatoms. The van der Waals surface area contributed by atoms with Gasteiger partial charge in [-0.25, -0.2) is 0 Å². The second kappa shape index (κ2) is 6.75. The second-order valence-electron chi connectivity index (χ2n) is 4.85. The third-order valence-electron chi connectivity index (χ3n) is 3.27. The van der Waals surface area contributed by atoms with Crippen molar-refractivity contribution in [2.45, 2.75) is 12.0 Å². The average molecular weight is 296 g/mol. The van der Waals surface area contributed by atoms with Crippen molar-refractivity contribution in [3.8, 4) is 11.5 Å². The number of anilines is 1. The van der Waals surface area contributed by atoms with Crippen LogP contribution in [0, 0.1) is 0 Å². The zero-order chi connectivity index (χ0) is 15.3. The number of nitrogens with one attached hydrogen (secondary N) is 1. The fraction of sp³-hybridized carbons (Fsp3) is 0.500. The van der Waals surface area contributed by atoms with Gasteiger partial charge in [0.15, 0.2) is 11.5 Å². The summed E-state index contributed by atoms with van der Waals surface area (Å²) in [7, 11) is 1.52. The molecule has 1 fully saturated rings. The SMILES string of the molecule is COc1ccc(NC(=O)C2(N)CCOC2)cc1OCCO. The standard InChI is InChI=1S/C14H20N2O5/c1-19-11-3-2-10(8-12(11)21-7-5-17)16-13(18)14(15)4-6-20-9-14/h2-3,8,17H,4-7,9,15H2,1H3,(H,16,18). The quantitative estimate of drug-likeness (QED) is 0.689. The fourth-order valence-electron chi connectivity index (χ4n) is 2.04. The van der Waals surface area contributed by atoms with Gasteiger partial charge >= 0.3 is 0 Å². The maximum absolute atomic E-state index is 12.2. The van der Waals surface area contributed by atoms with Crippen LogP contribution in [-0.2, 0) is 9.53 Å². The van der Waals surface area contributed by atoms with Crippen LogP contribution in [0.2, 0.25) is 0 Å². The van der Waals surface area contributed by atoms with Crippen LogP contribution in [-0.4, -0.2) is 50.1 Å². The number of rotatable bonds is 6. The van der Waals surface area contributed by atoms with E-state index in [0.29, 0.717) is 30.2 Å². The molecule has 1 aliphatic rings. The Morgan fingerprint density at radius 2 is 2.33 bits per heavy atom. The number of hydrogen-bond donors (Lipinski definition) is 3. The van der Waals surface area contributed by atoms with E-state index in [2.05, 4.69) is 5.32 Å². The molecule has 2 rings (SSSR count). The van der Waals surface area contributed by atoms with Crippen LogP contribution < -0.4 is 20.5 Å². The number of hydrogen-bond acceptors (Lipinski definition) is 6. The minimum Gasteiger partial charge on any atom is -0.493 e. The molecular weight excluding hydrogens is 276 g/mol. The van der Waals surface area contributed by atoms with Gasteiger partial charge in [-0.15, -0.1) is 0 Å². The van der Waals surface area contributed by atoms with Gasteiger partial charge in [-0.2, -0.15) is 0 Å². The smallest absolute Gasteiger partial charge is 0.246 e. The highest BCUT2D eigenvalue weighted by molar-refractivity contribution is 5.98. The number of methoxy groups -OCH3 is 1. The van der Waals surface area contributed by atoms with Gasteiger partial charge in [0.1, 0.15) is 12.1 Å². The Bertz CT molecular complexity index is 500. The van der Waals surface area contributed by atoms with Gasteiger partial charge in [0.25, 0.3) is 0 Å². The van der Waals surface area contributed by atoms with Gasteiger partial charge in [0, 0.05) is 18.4 Å². The van der Waals surface area contributed by atoms with E-state index in [4.69, 9.17) is 25.1 Å². The molecule has 1 saturated heterocycles. The van der Waals surface area contributed by atoms with Crippen molar-refractivity contribution in [3.05, 3.63) is 18.2 Å². The molecule has 1 aliphatic heterocycles. The van der Waals surface area contributed by atoms with Crippen LogP contribution in [0.4, 0.5) is 5.69 Å². The number of aliphatic hydroxyl groups excluding tert-OH is 1. The van der Waals surface area contributed by atoms with E-state index in [1.807, 2.05) is 0 Å². The van der Waals surface area contributed by atoms with E-state index >= 15 is 0 Å². The van der Waals surface area contributed by atoms with Crippen molar-refractivity contribution in [3.63, 3.8) is 0 Å². The number of benzene rings is 1. The van der Waals surface area contributed by atoms with E-state index in [9.17, 15) is 4.79 Å². The number of aliphatic hydroxyl groups is 1. The van der Waals surface area contributed by atoms with Crippen LogP contribution in [0.1, 0.15) is 6.42 Å². The highest BCUT2D eigenvalue weighted by Crippen LogP contribution is 2.30. The molecule has 0 saturated carbocycles. The number of carbonyl (C=O) groups is 1. The molecule has 1 aromatic carbocycles. The molecule has 1 aromatic rings. The zero-order valence-corrected chi connectivity index (χ0v) is 11.9. The Morgan fingerprint density at radius 3 is 2.95 bits per heavy atom. The normalized spacial score (nSPS) is 21.1. The lowest BCUT2D eigenvalue weighted by Gasteiger charge is -2.21. The number of ether oxygens (including phenoxy) is 3. The molecule has 0 aliphatic carbocycles. The molecule has 1 amide bonds. The second-order valence-corrected chi connectivity index (χ2v) is 4.85. The molecule has 7 nitrogen and oxygen atoms in total. The Labute approximate surface area is 123 Å². The molecule has 4 N–H and O–H groups in total. The van der Waals surface area contributed by atoms with E-state index in [-0.39, 0.29) is 25.7 Å². The van der Waals surface area contributed by atoms with Crippen LogP contribution in [0.5, 0.6) is 11.5 Å². The van der Waals surface area contributed by atoms with Gasteiger partial charge in [-0.05, 0) is 18.6 Å². The van der Waals surface area contributed by atoms with Gasteiger partial charge < -0.3 is 30.4 Å². The summed E-state index contributed by atoms with van der Waals surface area (Å²) in [5.41, 5.74) is 5.55. The van der Waals surface area contributed by atoms with Gasteiger partial charge in [0.2, 0.25) is 5.91 Å². The first kappa shape index (κ1) is 15.6. The summed E-state index contributed by atoms with van der Waals surface area (Å²) in [5, 5.41) is 11.6. The Kier molecular flexibility index (Phi) is 5.00. The molecule has 0 aromatic heterocycles. The predicted molar refractivity (Wildman–Crippen MR) is 76.6 cm³/mol. The molecule has 0 radical (unpaired) electrons. The minimum absolute atomic E-state index is 0.108. The summed E-state index contributed by atoms with van der Waals surface area (Å²) in [4.78, 5) is 12.2. The highest BCUT2D eigenvalue weighted by Gasteiger charge is 2.38. The van der Waals surface area contributed by atoms with Crippen molar-refractivity contribution >= 4 is 11.6 Å². The third-order valence-corrected chi connectivity index (χ3v) is 3.27. The first-order chi connectivity index (χ1) is 10.1. The van der Waals surface area contributed by atoms with Crippen molar-refractivity contribution < 1.29 is 24.1 Å². The molecule has 21 heavy (non-hydrogen) atoms. The summed E-state index contributed by atoms with van der Waals surface area (Å²) in [6, 6.07) is 5.00. The Morgan fingerprint density at radius 1 is 1.52 bits per heavy atom. The van der Waals surface area contributed by atoms with Gasteiger partial charge in [-0.1, -0.05) is 0 Å².